The zero-order chi connectivity index (χ0) is 17.9. The molecule has 6 heteroatoms. The van der Waals surface area contributed by atoms with E-state index >= 15 is 0 Å². The molecule has 2 aliphatic rings. The van der Waals surface area contributed by atoms with E-state index in [4.69, 9.17) is 9.84 Å². The second kappa shape index (κ2) is 7.54. The predicted octanol–water partition coefficient (Wildman–Crippen LogP) is 1.56. The van der Waals surface area contributed by atoms with E-state index in [1.165, 1.54) is 0 Å². The predicted molar refractivity (Wildman–Crippen MR) is 91.4 cm³/mol. The third kappa shape index (κ3) is 3.70. The molecule has 2 saturated heterocycles. The number of nitrogens with zero attached hydrogens (tertiary/aromatic N) is 1. The Morgan fingerprint density at radius 1 is 1.24 bits per heavy atom. The lowest BCUT2D eigenvalue weighted by Gasteiger charge is -2.37. The van der Waals surface area contributed by atoms with E-state index in [2.05, 4.69) is 0 Å². The summed E-state index contributed by atoms with van der Waals surface area (Å²) in [5.41, 5.74) is 1.28. The molecule has 1 unspecified atom stereocenters. The van der Waals surface area contributed by atoms with Gasteiger partial charge >= 0.3 is 5.97 Å². The highest BCUT2D eigenvalue weighted by molar-refractivity contribution is 5.96. The number of aliphatic hydroxyl groups is 1. The van der Waals surface area contributed by atoms with E-state index in [-0.39, 0.29) is 30.3 Å². The zero-order valence-electron chi connectivity index (χ0n) is 14.3. The number of aliphatic carboxylic acids is 1. The second-order valence-corrected chi connectivity index (χ2v) is 7.09. The molecule has 0 bridgehead atoms. The van der Waals surface area contributed by atoms with E-state index < -0.39 is 5.97 Å². The molecular formula is C19H25NO5. The van der Waals surface area contributed by atoms with Crippen LogP contribution in [0.25, 0.3) is 0 Å². The number of benzene rings is 1. The van der Waals surface area contributed by atoms with Crippen LogP contribution in [0.5, 0.6) is 0 Å². The number of amides is 1. The van der Waals surface area contributed by atoms with Crippen molar-refractivity contribution in [2.24, 2.45) is 11.3 Å². The lowest BCUT2D eigenvalue weighted by Crippen LogP contribution is -2.38. The van der Waals surface area contributed by atoms with Crippen LogP contribution < -0.4 is 0 Å². The molecule has 0 radical (unpaired) electrons. The number of carbonyl (C=O) groups excluding carboxylic acids is 1. The van der Waals surface area contributed by atoms with Gasteiger partial charge in [-0.05, 0) is 36.3 Å². The van der Waals surface area contributed by atoms with Crippen molar-refractivity contribution < 1.29 is 24.5 Å². The van der Waals surface area contributed by atoms with Crippen LogP contribution in [0.15, 0.2) is 24.3 Å². The van der Waals surface area contributed by atoms with E-state index in [1.807, 2.05) is 17.0 Å². The molecule has 136 valence electrons. The van der Waals surface area contributed by atoms with Gasteiger partial charge in [0.1, 0.15) is 0 Å². The third-order valence-electron chi connectivity index (χ3n) is 5.66. The fourth-order valence-electron chi connectivity index (χ4n) is 4.14. The molecular weight excluding hydrogens is 322 g/mol. The van der Waals surface area contributed by atoms with Gasteiger partial charge in [-0.3, -0.25) is 9.59 Å². The Balaban J connectivity index is 1.78. The summed E-state index contributed by atoms with van der Waals surface area (Å²) >= 11 is 0. The number of ether oxygens (including phenoxy) is 1. The van der Waals surface area contributed by atoms with Gasteiger partial charge in [-0.25, -0.2) is 0 Å². The van der Waals surface area contributed by atoms with Crippen molar-refractivity contribution in [3.05, 3.63) is 35.4 Å². The SMILES string of the molecule is O=C(O)CCc1ccccc1C(=O)N1CC(CO)C2(CCOCC2)C1. The lowest BCUT2D eigenvalue weighted by atomic mass is 9.72. The normalized spacial score (nSPS) is 22.3. The first-order valence-corrected chi connectivity index (χ1v) is 8.83. The highest BCUT2D eigenvalue weighted by Gasteiger charge is 2.48. The molecule has 2 fully saturated rings. The largest absolute Gasteiger partial charge is 0.481 e. The monoisotopic (exact) mass is 347 g/mol. The minimum atomic E-state index is -0.870. The van der Waals surface area contributed by atoms with Crippen molar-refractivity contribution >= 4 is 11.9 Å². The zero-order valence-corrected chi connectivity index (χ0v) is 14.3. The molecule has 1 amide bonds. The molecule has 25 heavy (non-hydrogen) atoms. The smallest absolute Gasteiger partial charge is 0.303 e. The molecule has 0 saturated carbocycles. The number of aryl methyl sites for hydroxylation is 1. The molecule has 1 aromatic carbocycles. The number of carbonyl (C=O) groups is 2. The fraction of sp³-hybridized carbons (Fsp3) is 0.579. The first kappa shape index (κ1) is 17.9. The van der Waals surface area contributed by atoms with Crippen molar-refractivity contribution in [3.8, 4) is 0 Å². The summed E-state index contributed by atoms with van der Waals surface area (Å²) in [5, 5.41) is 18.7. The molecule has 3 rings (SSSR count). The van der Waals surface area contributed by atoms with Crippen LogP contribution in [0.1, 0.15) is 35.2 Å². The van der Waals surface area contributed by atoms with Gasteiger partial charge in [0.15, 0.2) is 0 Å². The molecule has 2 heterocycles. The Kier molecular flexibility index (Phi) is 5.39. The Morgan fingerprint density at radius 2 is 1.96 bits per heavy atom. The van der Waals surface area contributed by atoms with Gasteiger partial charge in [0.25, 0.3) is 5.91 Å². The van der Waals surface area contributed by atoms with Crippen LogP contribution in [0.3, 0.4) is 0 Å². The molecule has 1 atom stereocenters. The van der Waals surface area contributed by atoms with Gasteiger partial charge in [0.2, 0.25) is 0 Å². The highest BCUT2D eigenvalue weighted by atomic mass is 16.5. The van der Waals surface area contributed by atoms with Gasteiger partial charge < -0.3 is 19.8 Å². The van der Waals surface area contributed by atoms with Crippen LogP contribution in [0.4, 0.5) is 0 Å². The van der Waals surface area contributed by atoms with Crippen LogP contribution >= 0.6 is 0 Å². The third-order valence-corrected chi connectivity index (χ3v) is 5.66. The maximum atomic E-state index is 13.1. The molecule has 2 aliphatic heterocycles. The summed E-state index contributed by atoms with van der Waals surface area (Å²) in [6, 6.07) is 7.22. The number of hydrogen-bond donors (Lipinski definition) is 2. The molecule has 0 aromatic heterocycles. The van der Waals surface area contributed by atoms with Gasteiger partial charge in [-0.2, -0.15) is 0 Å². The number of carboxylic acid groups (broad SMARTS) is 1. The number of carboxylic acids is 1. The van der Waals surface area contributed by atoms with Gasteiger partial charge in [0.05, 0.1) is 0 Å². The first-order chi connectivity index (χ1) is 12.1. The summed E-state index contributed by atoms with van der Waals surface area (Å²) in [6.07, 6.45) is 2.07. The molecule has 1 aromatic rings. The Hall–Kier alpha value is -1.92. The minimum absolute atomic E-state index is 0.00480. The van der Waals surface area contributed by atoms with Crippen LogP contribution in [-0.4, -0.2) is 59.9 Å². The van der Waals surface area contributed by atoms with Gasteiger partial charge in [0, 0.05) is 50.8 Å². The molecule has 6 nitrogen and oxygen atoms in total. The lowest BCUT2D eigenvalue weighted by molar-refractivity contribution is -0.136. The van der Waals surface area contributed by atoms with Crippen LogP contribution in [0.2, 0.25) is 0 Å². The Morgan fingerprint density at radius 3 is 2.64 bits per heavy atom. The molecule has 2 N–H and O–H groups in total. The van der Waals surface area contributed by atoms with Gasteiger partial charge in [-0.1, -0.05) is 18.2 Å². The number of aliphatic hydroxyl groups excluding tert-OH is 1. The van der Waals surface area contributed by atoms with Crippen LogP contribution in [-0.2, 0) is 16.0 Å². The van der Waals surface area contributed by atoms with E-state index in [9.17, 15) is 14.7 Å². The maximum absolute atomic E-state index is 13.1. The standard InChI is InChI=1S/C19H25NO5/c21-12-15-11-20(13-19(15)7-9-25-10-8-19)18(24)16-4-2-1-3-14(16)5-6-17(22)23/h1-4,15,21H,5-13H2,(H,22,23). The summed E-state index contributed by atoms with van der Waals surface area (Å²) in [7, 11) is 0. The Bertz CT molecular complexity index is 638. The highest BCUT2D eigenvalue weighted by Crippen LogP contribution is 2.44. The van der Waals surface area contributed by atoms with Gasteiger partial charge in [-0.15, -0.1) is 0 Å². The number of rotatable bonds is 5. The summed E-state index contributed by atoms with van der Waals surface area (Å²) in [5.74, 6) is -0.862. The van der Waals surface area contributed by atoms with Crippen molar-refractivity contribution in [2.75, 3.05) is 32.9 Å². The second-order valence-electron chi connectivity index (χ2n) is 7.09. The molecule has 0 aliphatic carbocycles. The van der Waals surface area contributed by atoms with Crippen LogP contribution in [0, 0.1) is 11.3 Å². The minimum Gasteiger partial charge on any atom is -0.481 e. The van der Waals surface area contributed by atoms with Crippen molar-refractivity contribution in [2.45, 2.75) is 25.7 Å². The summed E-state index contributed by atoms with van der Waals surface area (Å²) in [6.45, 7) is 2.60. The van der Waals surface area contributed by atoms with Crippen molar-refractivity contribution in [3.63, 3.8) is 0 Å². The van der Waals surface area contributed by atoms with Crippen molar-refractivity contribution in [1.82, 2.24) is 4.90 Å². The summed E-state index contributed by atoms with van der Waals surface area (Å²) < 4.78 is 5.46. The average molecular weight is 347 g/mol. The topological polar surface area (TPSA) is 87.1 Å². The van der Waals surface area contributed by atoms with E-state index in [1.54, 1.807) is 12.1 Å². The number of likely N-dealkylation sites (tertiary alicyclic amines) is 1. The summed E-state index contributed by atoms with van der Waals surface area (Å²) in [4.78, 5) is 25.7. The maximum Gasteiger partial charge on any atom is 0.303 e. The fourth-order valence-corrected chi connectivity index (χ4v) is 4.14. The van der Waals surface area contributed by atoms with E-state index in [0.29, 0.717) is 38.3 Å². The van der Waals surface area contributed by atoms with E-state index in [0.717, 1.165) is 18.4 Å². The average Bonchev–Trinajstić information content (AvgIpc) is 2.98. The molecule has 1 spiro atoms. The Labute approximate surface area is 147 Å². The number of hydrogen-bond acceptors (Lipinski definition) is 4. The van der Waals surface area contributed by atoms with Crippen molar-refractivity contribution in [1.29, 1.82) is 0 Å². The first-order valence-electron chi connectivity index (χ1n) is 8.83. The quantitative estimate of drug-likeness (QED) is 0.844.